The van der Waals surface area contributed by atoms with Gasteiger partial charge < -0.3 is 14.8 Å². The fourth-order valence-corrected chi connectivity index (χ4v) is 4.98. The number of ether oxygens (including phenoxy) is 2. The summed E-state index contributed by atoms with van der Waals surface area (Å²) in [5.74, 6) is 0.678. The quantitative estimate of drug-likeness (QED) is 0.613. The van der Waals surface area contributed by atoms with Gasteiger partial charge in [0.2, 0.25) is 5.91 Å². The molecule has 1 aliphatic rings. The van der Waals surface area contributed by atoms with Crippen molar-refractivity contribution in [3.8, 4) is 11.5 Å². The van der Waals surface area contributed by atoms with Crippen LogP contribution in [0.1, 0.15) is 11.1 Å². The number of benzene rings is 3. The number of hydrogen-bond donors (Lipinski definition) is 1. The maximum Gasteiger partial charge on any atom is 0.264 e. The molecule has 7 nitrogen and oxygen atoms in total. The summed E-state index contributed by atoms with van der Waals surface area (Å²) in [5.41, 5.74) is 2.69. The van der Waals surface area contributed by atoms with Gasteiger partial charge in [-0.3, -0.25) is 9.10 Å². The van der Waals surface area contributed by atoms with Crippen LogP contribution in [0.2, 0.25) is 0 Å². The Morgan fingerprint density at radius 1 is 0.938 bits per heavy atom. The van der Waals surface area contributed by atoms with E-state index in [0.29, 0.717) is 36.1 Å². The lowest BCUT2D eigenvalue weighted by molar-refractivity contribution is -0.114. The van der Waals surface area contributed by atoms with E-state index in [-0.39, 0.29) is 11.4 Å². The minimum absolute atomic E-state index is 0.119. The van der Waals surface area contributed by atoms with E-state index in [9.17, 15) is 13.2 Å². The minimum atomic E-state index is -3.97. The van der Waals surface area contributed by atoms with E-state index in [2.05, 4.69) is 5.32 Å². The van der Waals surface area contributed by atoms with Gasteiger partial charge in [-0.1, -0.05) is 30.3 Å². The molecular weight excluding hydrogens is 428 g/mol. The first-order valence-corrected chi connectivity index (χ1v) is 11.6. The summed E-state index contributed by atoms with van der Waals surface area (Å²) in [7, 11) is -3.97. The van der Waals surface area contributed by atoms with Crippen molar-refractivity contribution in [1.29, 1.82) is 0 Å². The second-order valence-corrected chi connectivity index (χ2v) is 9.31. The topological polar surface area (TPSA) is 84.9 Å². The van der Waals surface area contributed by atoms with Gasteiger partial charge in [-0.25, -0.2) is 8.42 Å². The number of nitrogens with zero attached hydrogens (tertiary/aromatic N) is 1. The van der Waals surface area contributed by atoms with Gasteiger partial charge in [0.05, 0.1) is 10.6 Å². The summed E-state index contributed by atoms with van der Waals surface area (Å²) in [5, 5.41) is 2.77. The number of amides is 1. The van der Waals surface area contributed by atoms with Crippen LogP contribution in [0, 0.1) is 13.8 Å². The third-order valence-corrected chi connectivity index (χ3v) is 7.06. The molecule has 4 rings (SSSR count). The standard InChI is InChI=1S/C24H24N2O5S/c1-17-7-6-10-21(18(17)2)26(32(28,29)20-8-4-3-5-9-20)16-24(27)25-19-11-12-22-23(15-19)31-14-13-30-22/h3-12,15H,13-14,16H2,1-2H3,(H,25,27). The molecule has 166 valence electrons. The van der Waals surface area contributed by atoms with Crippen molar-refractivity contribution in [3.05, 3.63) is 77.9 Å². The van der Waals surface area contributed by atoms with Gasteiger partial charge in [-0.15, -0.1) is 0 Å². The predicted octanol–water partition coefficient (Wildman–Crippen LogP) is 3.91. The summed E-state index contributed by atoms with van der Waals surface area (Å²) >= 11 is 0. The lowest BCUT2D eigenvalue weighted by Gasteiger charge is -2.26. The molecular formula is C24H24N2O5S. The minimum Gasteiger partial charge on any atom is -0.486 e. The SMILES string of the molecule is Cc1cccc(N(CC(=O)Nc2ccc3c(c2)OCCO3)S(=O)(=O)c2ccccc2)c1C. The van der Waals surface area contributed by atoms with E-state index in [4.69, 9.17) is 9.47 Å². The first kappa shape index (κ1) is 21.7. The molecule has 32 heavy (non-hydrogen) atoms. The number of rotatable bonds is 6. The first-order chi connectivity index (χ1) is 15.4. The van der Waals surface area contributed by atoms with Crippen molar-refractivity contribution < 1.29 is 22.7 Å². The van der Waals surface area contributed by atoms with Gasteiger partial charge >= 0.3 is 0 Å². The molecule has 1 N–H and O–H groups in total. The number of sulfonamides is 1. The molecule has 0 radical (unpaired) electrons. The van der Waals surface area contributed by atoms with E-state index >= 15 is 0 Å². The number of carbonyl (C=O) groups excluding carboxylic acids is 1. The van der Waals surface area contributed by atoms with Crippen molar-refractivity contribution in [2.45, 2.75) is 18.7 Å². The van der Waals surface area contributed by atoms with Crippen LogP contribution in [0.25, 0.3) is 0 Å². The van der Waals surface area contributed by atoms with Gasteiger partial charge in [0.25, 0.3) is 10.0 Å². The van der Waals surface area contributed by atoms with E-state index in [1.54, 1.807) is 48.5 Å². The molecule has 3 aromatic rings. The molecule has 1 heterocycles. The highest BCUT2D eigenvalue weighted by Gasteiger charge is 2.28. The van der Waals surface area contributed by atoms with Gasteiger partial charge in [-0.2, -0.15) is 0 Å². The summed E-state index contributed by atoms with van der Waals surface area (Å²) in [6.45, 7) is 4.27. The fraction of sp³-hybridized carbons (Fsp3) is 0.208. The average molecular weight is 453 g/mol. The maximum absolute atomic E-state index is 13.5. The van der Waals surface area contributed by atoms with Gasteiger partial charge in [0.1, 0.15) is 19.8 Å². The van der Waals surface area contributed by atoms with Crippen LogP contribution in [-0.2, 0) is 14.8 Å². The molecule has 0 aliphatic carbocycles. The number of carbonyl (C=O) groups is 1. The van der Waals surface area contributed by atoms with Gasteiger partial charge in [0.15, 0.2) is 11.5 Å². The first-order valence-electron chi connectivity index (χ1n) is 10.2. The van der Waals surface area contributed by atoms with Gasteiger partial charge in [-0.05, 0) is 55.3 Å². The van der Waals surface area contributed by atoms with Crippen molar-refractivity contribution in [3.63, 3.8) is 0 Å². The zero-order chi connectivity index (χ0) is 22.7. The second-order valence-electron chi connectivity index (χ2n) is 7.45. The van der Waals surface area contributed by atoms with E-state index in [1.165, 1.54) is 12.1 Å². The average Bonchev–Trinajstić information content (AvgIpc) is 2.80. The molecule has 0 saturated carbocycles. The monoisotopic (exact) mass is 452 g/mol. The molecule has 1 aliphatic heterocycles. The number of nitrogens with one attached hydrogen (secondary N) is 1. The molecule has 0 saturated heterocycles. The van der Waals surface area contributed by atoms with E-state index in [1.807, 2.05) is 19.9 Å². The van der Waals surface area contributed by atoms with Crippen LogP contribution in [-0.4, -0.2) is 34.1 Å². The Hall–Kier alpha value is -3.52. The van der Waals surface area contributed by atoms with Gasteiger partial charge in [0, 0.05) is 11.8 Å². The van der Waals surface area contributed by atoms with Crippen molar-refractivity contribution in [1.82, 2.24) is 0 Å². The molecule has 0 bridgehead atoms. The lowest BCUT2D eigenvalue weighted by Crippen LogP contribution is -2.38. The molecule has 0 spiro atoms. The molecule has 8 heteroatoms. The number of anilines is 2. The normalized spacial score (nSPS) is 12.8. The molecule has 0 atom stereocenters. The Bertz CT molecular complexity index is 1240. The summed E-state index contributed by atoms with van der Waals surface area (Å²) in [6, 6.07) is 18.6. The zero-order valence-electron chi connectivity index (χ0n) is 17.9. The smallest absolute Gasteiger partial charge is 0.264 e. The third-order valence-electron chi connectivity index (χ3n) is 5.29. The van der Waals surface area contributed by atoms with Crippen LogP contribution in [0.15, 0.2) is 71.6 Å². The largest absolute Gasteiger partial charge is 0.486 e. The molecule has 1 amide bonds. The zero-order valence-corrected chi connectivity index (χ0v) is 18.7. The number of fused-ring (bicyclic) bond motifs is 1. The highest BCUT2D eigenvalue weighted by molar-refractivity contribution is 7.92. The summed E-state index contributed by atoms with van der Waals surface area (Å²) in [6.07, 6.45) is 0. The highest BCUT2D eigenvalue weighted by atomic mass is 32.2. The van der Waals surface area contributed by atoms with Crippen LogP contribution in [0.5, 0.6) is 11.5 Å². The van der Waals surface area contributed by atoms with Crippen molar-refractivity contribution in [2.75, 3.05) is 29.4 Å². The van der Waals surface area contributed by atoms with Crippen LogP contribution in [0.4, 0.5) is 11.4 Å². The molecule has 0 unspecified atom stereocenters. The van der Waals surface area contributed by atoms with E-state index in [0.717, 1.165) is 15.4 Å². The van der Waals surface area contributed by atoms with Crippen LogP contribution < -0.4 is 19.1 Å². The van der Waals surface area contributed by atoms with Crippen molar-refractivity contribution in [2.24, 2.45) is 0 Å². The predicted molar refractivity (Wildman–Crippen MR) is 123 cm³/mol. The van der Waals surface area contributed by atoms with Crippen LogP contribution in [0.3, 0.4) is 0 Å². The maximum atomic E-state index is 13.5. The fourth-order valence-electron chi connectivity index (χ4n) is 3.48. The van der Waals surface area contributed by atoms with Crippen molar-refractivity contribution >= 4 is 27.3 Å². The number of hydrogen-bond acceptors (Lipinski definition) is 5. The summed E-state index contributed by atoms with van der Waals surface area (Å²) in [4.78, 5) is 13.1. The Morgan fingerprint density at radius 2 is 1.66 bits per heavy atom. The Labute approximate surface area is 187 Å². The number of aryl methyl sites for hydroxylation is 1. The Morgan fingerprint density at radius 3 is 2.41 bits per heavy atom. The summed E-state index contributed by atoms with van der Waals surface area (Å²) < 4.78 is 39.2. The van der Waals surface area contributed by atoms with Crippen LogP contribution >= 0.6 is 0 Å². The van der Waals surface area contributed by atoms with E-state index < -0.39 is 15.9 Å². The Kier molecular flexibility index (Phi) is 6.05. The molecule has 0 aromatic heterocycles. The third kappa shape index (κ3) is 4.40. The lowest BCUT2D eigenvalue weighted by atomic mass is 10.1. The highest BCUT2D eigenvalue weighted by Crippen LogP contribution is 2.33. The second kappa shape index (κ2) is 8.92. The molecule has 0 fully saturated rings. The Balaban J connectivity index is 1.65. The molecule has 3 aromatic carbocycles.